The Balaban J connectivity index is 1.29. The molecule has 33 heavy (non-hydrogen) atoms. The summed E-state index contributed by atoms with van der Waals surface area (Å²) in [6.45, 7) is 4.16. The van der Waals surface area contributed by atoms with E-state index in [1.165, 1.54) is 16.9 Å². The zero-order chi connectivity index (χ0) is 23.3. The Morgan fingerprint density at radius 3 is 2.94 bits per heavy atom. The van der Waals surface area contributed by atoms with Gasteiger partial charge in [0, 0.05) is 29.3 Å². The molecule has 0 saturated heterocycles. The molecule has 2 saturated carbocycles. The van der Waals surface area contributed by atoms with Gasteiger partial charge < -0.3 is 10.4 Å². The zero-order valence-electron chi connectivity index (χ0n) is 19.2. The molecule has 0 bridgehead atoms. The van der Waals surface area contributed by atoms with E-state index in [0.29, 0.717) is 52.5 Å². The lowest BCUT2D eigenvalue weighted by Crippen LogP contribution is -2.44. The van der Waals surface area contributed by atoms with Crippen LogP contribution in [0.4, 0.5) is 5.13 Å². The maximum absolute atomic E-state index is 13.2. The second kappa shape index (κ2) is 8.70. The number of halogens is 1. The van der Waals surface area contributed by atoms with Crippen LogP contribution in [0.1, 0.15) is 73.8 Å². The highest BCUT2D eigenvalue weighted by Gasteiger charge is 2.58. The van der Waals surface area contributed by atoms with Gasteiger partial charge >= 0.3 is 0 Å². The maximum Gasteiger partial charge on any atom is 0.226 e. The summed E-state index contributed by atoms with van der Waals surface area (Å²) >= 11 is 7.93. The third kappa shape index (κ3) is 3.99. The van der Waals surface area contributed by atoms with Gasteiger partial charge in [-0.2, -0.15) is 0 Å². The Hall–Kier alpha value is -1.92. The van der Waals surface area contributed by atoms with Gasteiger partial charge in [-0.3, -0.25) is 9.59 Å². The minimum atomic E-state index is -0.245. The Morgan fingerprint density at radius 1 is 1.36 bits per heavy atom. The number of aromatic nitrogens is 1. The van der Waals surface area contributed by atoms with E-state index in [2.05, 4.69) is 17.2 Å². The number of nitrogens with one attached hydrogen (secondary N) is 1. The molecule has 176 valence electrons. The van der Waals surface area contributed by atoms with E-state index in [1.807, 2.05) is 13.0 Å². The molecule has 5 rings (SSSR count). The summed E-state index contributed by atoms with van der Waals surface area (Å²) < 4.78 is 0. The molecule has 2 fully saturated rings. The molecule has 0 aliphatic heterocycles. The third-order valence-electron chi connectivity index (χ3n) is 8.51. The van der Waals surface area contributed by atoms with Crippen LogP contribution in [0.2, 0.25) is 5.02 Å². The maximum atomic E-state index is 13.2. The first kappa shape index (κ1) is 22.9. The van der Waals surface area contributed by atoms with Crippen LogP contribution in [0.3, 0.4) is 0 Å². The number of phenols is 1. The lowest BCUT2D eigenvalue weighted by Gasteiger charge is -2.50. The number of carbonyl (C=O) groups excluding carboxylic acids is 2. The minimum absolute atomic E-state index is 0.000927. The van der Waals surface area contributed by atoms with Crippen molar-refractivity contribution in [3.63, 3.8) is 0 Å². The lowest BCUT2D eigenvalue weighted by molar-refractivity contribution is -0.129. The molecule has 3 aliphatic carbocycles. The van der Waals surface area contributed by atoms with Gasteiger partial charge in [0.2, 0.25) is 5.91 Å². The van der Waals surface area contributed by atoms with Crippen LogP contribution in [0, 0.1) is 30.1 Å². The van der Waals surface area contributed by atoms with E-state index in [0.717, 1.165) is 49.0 Å². The average molecular weight is 487 g/mol. The molecule has 0 spiro atoms. The van der Waals surface area contributed by atoms with Crippen molar-refractivity contribution in [2.24, 2.45) is 23.2 Å². The third-order valence-corrected chi connectivity index (χ3v) is 9.76. The van der Waals surface area contributed by atoms with Gasteiger partial charge in [0.05, 0.1) is 5.02 Å². The van der Waals surface area contributed by atoms with Crippen molar-refractivity contribution < 1.29 is 14.7 Å². The fourth-order valence-electron chi connectivity index (χ4n) is 7.06. The summed E-state index contributed by atoms with van der Waals surface area (Å²) in [6, 6.07) is 3.77. The molecule has 3 aliphatic rings. The predicted octanol–water partition coefficient (Wildman–Crippen LogP) is 6.27. The number of nitrogens with zero attached hydrogens (tertiary/aromatic N) is 1. The number of phenolic OH excluding ortho intramolecular Hbond substituents is 1. The molecule has 5 atom stereocenters. The number of ketones is 1. The fraction of sp³-hybridized carbons (Fsp3) is 0.577. The largest absolute Gasteiger partial charge is 0.506 e. The molecule has 5 nitrogen and oxygen atoms in total. The fourth-order valence-corrected chi connectivity index (χ4v) is 8.00. The van der Waals surface area contributed by atoms with Crippen LogP contribution >= 0.6 is 22.9 Å². The Labute approximate surface area is 204 Å². The van der Waals surface area contributed by atoms with Crippen molar-refractivity contribution in [1.29, 1.82) is 0 Å². The molecule has 2 aromatic rings. The summed E-state index contributed by atoms with van der Waals surface area (Å²) in [5.41, 5.74) is 2.12. The van der Waals surface area contributed by atoms with E-state index >= 15 is 0 Å². The van der Waals surface area contributed by atoms with E-state index < -0.39 is 0 Å². The number of aryl methyl sites for hydroxylation is 1. The monoisotopic (exact) mass is 486 g/mol. The van der Waals surface area contributed by atoms with E-state index in [4.69, 9.17) is 11.6 Å². The number of benzene rings is 1. The number of thiazole rings is 1. The van der Waals surface area contributed by atoms with E-state index in [1.54, 1.807) is 12.3 Å². The molecule has 1 heterocycles. The topological polar surface area (TPSA) is 79.3 Å². The van der Waals surface area contributed by atoms with E-state index in [9.17, 15) is 14.7 Å². The minimum Gasteiger partial charge on any atom is -0.506 e. The molecular weight excluding hydrogens is 456 g/mol. The van der Waals surface area contributed by atoms with Gasteiger partial charge in [-0.1, -0.05) is 24.6 Å². The summed E-state index contributed by atoms with van der Waals surface area (Å²) in [6.07, 6.45) is 8.33. The SMILES string of the molecule is Cc1cnc(NC(=O)CCC[C@@H]2CC(=O)[C@@]3(C)CCC4c5ccc(O)c(Cl)c5CCC4C23)s1. The van der Waals surface area contributed by atoms with Crippen LogP contribution in [0.5, 0.6) is 5.75 Å². The molecule has 7 heteroatoms. The molecule has 1 amide bonds. The van der Waals surface area contributed by atoms with Gasteiger partial charge in [0.1, 0.15) is 11.5 Å². The Morgan fingerprint density at radius 2 is 2.18 bits per heavy atom. The van der Waals surface area contributed by atoms with Gasteiger partial charge in [-0.05, 0) is 86.3 Å². The molecule has 1 aromatic carbocycles. The number of hydrogen-bond acceptors (Lipinski definition) is 5. The quantitative estimate of drug-likeness (QED) is 0.521. The highest BCUT2D eigenvalue weighted by molar-refractivity contribution is 7.15. The molecule has 0 radical (unpaired) electrons. The average Bonchev–Trinajstić information content (AvgIpc) is 3.30. The number of rotatable bonds is 5. The van der Waals surface area contributed by atoms with Crippen molar-refractivity contribution in [2.45, 2.75) is 71.1 Å². The first-order valence-corrected chi connectivity index (χ1v) is 13.2. The molecular formula is C26H31ClN2O3S. The summed E-state index contributed by atoms with van der Waals surface area (Å²) in [5, 5.41) is 14.1. The van der Waals surface area contributed by atoms with Crippen molar-refractivity contribution in [2.75, 3.05) is 5.32 Å². The normalized spacial score (nSPS) is 30.5. The standard InChI is InChI=1S/C26H31ClN2O3S/c1-14-13-28-25(33-14)29-22(32)5-3-4-15-12-21(31)26(2)11-10-17-16-8-9-20(30)24(27)19(16)7-6-18(17)23(15)26/h8-9,13,15,17-18,23,30H,3-7,10-12H2,1-2H3,(H,28,29,32)/t15-,17?,18?,23?,26-/m1/s1. The second-order valence-corrected chi connectivity index (χ2v) is 12.0. The highest BCUT2D eigenvalue weighted by atomic mass is 35.5. The van der Waals surface area contributed by atoms with Crippen molar-refractivity contribution in [1.82, 2.24) is 4.98 Å². The van der Waals surface area contributed by atoms with Crippen LogP contribution in [-0.4, -0.2) is 21.8 Å². The Bertz CT molecular complexity index is 1100. The smallest absolute Gasteiger partial charge is 0.226 e. The van der Waals surface area contributed by atoms with Gasteiger partial charge in [-0.15, -0.1) is 11.3 Å². The van der Waals surface area contributed by atoms with Crippen LogP contribution in [0.25, 0.3) is 0 Å². The molecule has 2 N–H and O–H groups in total. The van der Waals surface area contributed by atoms with E-state index in [-0.39, 0.29) is 17.1 Å². The number of Topliss-reactive ketones (excluding diaryl/α,β-unsaturated/α-hetero) is 1. The first-order valence-electron chi connectivity index (χ1n) is 12.0. The van der Waals surface area contributed by atoms with Crippen LogP contribution in [0.15, 0.2) is 18.3 Å². The number of anilines is 1. The van der Waals surface area contributed by atoms with Gasteiger partial charge in [0.15, 0.2) is 5.13 Å². The second-order valence-electron chi connectivity index (χ2n) is 10.4. The number of amides is 1. The number of fused-ring (bicyclic) bond motifs is 5. The Kier molecular flexibility index (Phi) is 6.02. The lowest BCUT2D eigenvalue weighted by atomic mass is 9.54. The predicted molar refractivity (Wildman–Crippen MR) is 131 cm³/mol. The summed E-state index contributed by atoms with van der Waals surface area (Å²) in [7, 11) is 0. The highest BCUT2D eigenvalue weighted by Crippen LogP contribution is 2.62. The van der Waals surface area contributed by atoms with Crippen molar-refractivity contribution in [3.05, 3.63) is 39.4 Å². The van der Waals surface area contributed by atoms with Crippen molar-refractivity contribution >= 4 is 39.8 Å². The summed E-state index contributed by atoms with van der Waals surface area (Å²) in [4.78, 5) is 30.8. The molecule has 1 aromatic heterocycles. The van der Waals surface area contributed by atoms with Crippen LogP contribution < -0.4 is 5.32 Å². The molecule has 3 unspecified atom stereocenters. The van der Waals surface area contributed by atoms with Crippen molar-refractivity contribution in [3.8, 4) is 5.75 Å². The van der Waals surface area contributed by atoms with Gasteiger partial charge in [0.25, 0.3) is 0 Å². The van der Waals surface area contributed by atoms with Gasteiger partial charge in [-0.25, -0.2) is 4.98 Å². The zero-order valence-corrected chi connectivity index (χ0v) is 20.8. The number of hydrogen-bond donors (Lipinski definition) is 2. The number of carbonyl (C=O) groups is 2. The van der Waals surface area contributed by atoms with Crippen LogP contribution in [-0.2, 0) is 16.0 Å². The first-order chi connectivity index (χ1) is 15.8. The summed E-state index contributed by atoms with van der Waals surface area (Å²) in [5.74, 6) is 2.12. The number of aromatic hydroxyl groups is 1.